The molecule has 1 aliphatic rings. The average molecular weight is 320 g/mol. The Hall–Kier alpha value is -0.290. The monoisotopic (exact) mass is 318 g/mol. The van der Waals surface area contributed by atoms with E-state index in [4.69, 9.17) is 11.6 Å². The largest absolute Gasteiger partial charge is 0.506 e. The summed E-state index contributed by atoms with van der Waals surface area (Å²) in [6, 6.07) is 3.82. The minimum Gasteiger partial charge on any atom is -0.506 e. The van der Waals surface area contributed by atoms with Gasteiger partial charge in [-0.05, 0) is 19.1 Å². The van der Waals surface area contributed by atoms with Crippen LogP contribution in [0.15, 0.2) is 16.6 Å². The molecule has 1 aliphatic heterocycles. The summed E-state index contributed by atoms with van der Waals surface area (Å²) in [5.74, 6) is 0.195. The van der Waals surface area contributed by atoms with Crippen LogP contribution >= 0.6 is 27.5 Å². The molecule has 2 rings (SSSR count). The number of nitrogens with one attached hydrogen (secondary N) is 1. The average Bonchev–Trinajstić information content (AvgIpc) is 2.34. The lowest BCUT2D eigenvalue weighted by Gasteiger charge is -2.33. The predicted molar refractivity (Wildman–Crippen MR) is 73.7 cm³/mol. The molecule has 0 unspecified atom stereocenters. The number of hydrogen-bond donors (Lipinski definition) is 2. The molecule has 0 bridgehead atoms. The van der Waals surface area contributed by atoms with Crippen molar-refractivity contribution in [2.75, 3.05) is 26.2 Å². The van der Waals surface area contributed by atoms with E-state index in [2.05, 4.69) is 33.1 Å². The van der Waals surface area contributed by atoms with Gasteiger partial charge in [0.15, 0.2) is 0 Å². The first kappa shape index (κ1) is 13.1. The molecular formula is C12H16BrClN2O. The van der Waals surface area contributed by atoms with Crippen molar-refractivity contribution in [1.29, 1.82) is 0 Å². The molecule has 1 heterocycles. The van der Waals surface area contributed by atoms with Crippen LogP contribution in [0.25, 0.3) is 0 Å². The van der Waals surface area contributed by atoms with E-state index in [1.807, 2.05) is 6.07 Å². The highest BCUT2D eigenvalue weighted by Crippen LogP contribution is 2.36. The zero-order valence-corrected chi connectivity index (χ0v) is 12.1. The quantitative estimate of drug-likeness (QED) is 0.880. The molecule has 1 fully saturated rings. The summed E-state index contributed by atoms with van der Waals surface area (Å²) in [6.07, 6.45) is 0. The smallest absolute Gasteiger partial charge is 0.139 e. The van der Waals surface area contributed by atoms with Gasteiger partial charge in [-0.25, -0.2) is 0 Å². The Bertz CT molecular complexity index is 408. The summed E-state index contributed by atoms with van der Waals surface area (Å²) >= 11 is 9.40. The lowest BCUT2D eigenvalue weighted by Crippen LogP contribution is -2.44. The maximum Gasteiger partial charge on any atom is 0.139 e. The van der Waals surface area contributed by atoms with Gasteiger partial charge in [-0.3, -0.25) is 4.90 Å². The fourth-order valence-electron chi connectivity index (χ4n) is 2.17. The number of halogens is 2. The van der Waals surface area contributed by atoms with Gasteiger partial charge in [-0.1, -0.05) is 27.5 Å². The topological polar surface area (TPSA) is 35.5 Å². The lowest BCUT2D eigenvalue weighted by molar-refractivity contribution is 0.183. The number of rotatable bonds is 2. The number of phenolic OH excluding ortho intramolecular Hbond substituents is 1. The summed E-state index contributed by atoms with van der Waals surface area (Å²) in [6.45, 7) is 6.07. The van der Waals surface area contributed by atoms with Crippen molar-refractivity contribution in [3.8, 4) is 5.75 Å². The van der Waals surface area contributed by atoms with Crippen molar-refractivity contribution < 1.29 is 5.11 Å². The van der Waals surface area contributed by atoms with Gasteiger partial charge in [0.25, 0.3) is 0 Å². The first-order chi connectivity index (χ1) is 8.09. The van der Waals surface area contributed by atoms with E-state index >= 15 is 0 Å². The van der Waals surface area contributed by atoms with Crippen LogP contribution in [0.1, 0.15) is 18.5 Å². The predicted octanol–water partition coefficient (Wildman–Crippen LogP) is 2.77. The Kier molecular flexibility index (Phi) is 4.31. The fourth-order valence-corrected chi connectivity index (χ4v) is 3.00. The molecule has 0 aromatic heterocycles. The number of benzene rings is 1. The van der Waals surface area contributed by atoms with E-state index in [1.165, 1.54) is 0 Å². The zero-order valence-electron chi connectivity index (χ0n) is 9.71. The minimum atomic E-state index is 0.173. The van der Waals surface area contributed by atoms with Gasteiger partial charge < -0.3 is 10.4 Å². The SMILES string of the molecule is C[C@H](c1cc(Br)cc(Cl)c1O)N1CCNCC1. The first-order valence-corrected chi connectivity index (χ1v) is 6.89. The van der Waals surface area contributed by atoms with E-state index in [9.17, 15) is 5.11 Å². The Morgan fingerprint density at radius 1 is 1.41 bits per heavy atom. The van der Waals surface area contributed by atoms with E-state index in [0.29, 0.717) is 5.02 Å². The lowest BCUT2D eigenvalue weighted by atomic mass is 10.1. The Labute approximate surface area is 115 Å². The normalized spacial score (nSPS) is 19.2. The van der Waals surface area contributed by atoms with Crippen molar-refractivity contribution in [2.45, 2.75) is 13.0 Å². The van der Waals surface area contributed by atoms with Crippen LogP contribution in [0.2, 0.25) is 5.02 Å². The summed E-state index contributed by atoms with van der Waals surface area (Å²) in [7, 11) is 0. The van der Waals surface area contributed by atoms with Crippen LogP contribution in [0.3, 0.4) is 0 Å². The fraction of sp³-hybridized carbons (Fsp3) is 0.500. The number of aromatic hydroxyl groups is 1. The molecule has 1 aromatic carbocycles. The van der Waals surface area contributed by atoms with E-state index in [1.54, 1.807) is 6.07 Å². The highest BCUT2D eigenvalue weighted by molar-refractivity contribution is 9.10. The van der Waals surface area contributed by atoms with Crippen LogP contribution in [0.4, 0.5) is 0 Å². The van der Waals surface area contributed by atoms with Gasteiger partial charge in [0.2, 0.25) is 0 Å². The number of piperazine rings is 1. The molecule has 94 valence electrons. The highest BCUT2D eigenvalue weighted by Gasteiger charge is 2.21. The summed E-state index contributed by atoms with van der Waals surface area (Å²) < 4.78 is 0.900. The molecule has 0 saturated carbocycles. The number of hydrogen-bond acceptors (Lipinski definition) is 3. The van der Waals surface area contributed by atoms with Gasteiger partial charge in [-0.15, -0.1) is 0 Å². The van der Waals surface area contributed by atoms with Crippen LogP contribution < -0.4 is 5.32 Å². The number of phenols is 1. The van der Waals surface area contributed by atoms with Crippen LogP contribution in [-0.2, 0) is 0 Å². The molecule has 2 N–H and O–H groups in total. The Balaban J connectivity index is 2.26. The molecule has 0 radical (unpaired) electrons. The molecule has 1 atom stereocenters. The van der Waals surface area contributed by atoms with E-state index in [-0.39, 0.29) is 11.8 Å². The number of nitrogens with zero attached hydrogens (tertiary/aromatic N) is 1. The molecule has 1 saturated heterocycles. The third-order valence-corrected chi connectivity index (χ3v) is 3.95. The van der Waals surface area contributed by atoms with Gasteiger partial charge in [0.05, 0.1) is 5.02 Å². The van der Waals surface area contributed by atoms with Crippen molar-refractivity contribution in [2.24, 2.45) is 0 Å². The molecule has 3 nitrogen and oxygen atoms in total. The molecule has 0 aliphatic carbocycles. The first-order valence-electron chi connectivity index (χ1n) is 5.72. The van der Waals surface area contributed by atoms with Crippen molar-refractivity contribution >= 4 is 27.5 Å². The van der Waals surface area contributed by atoms with Crippen LogP contribution in [0.5, 0.6) is 5.75 Å². The molecular weight excluding hydrogens is 304 g/mol. The van der Waals surface area contributed by atoms with Gasteiger partial charge in [0.1, 0.15) is 5.75 Å². The standard InChI is InChI=1S/C12H16BrClN2O/c1-8(16-4-2-15-3-5-16)10-6-9(13)7-11(14)12(10)17/h6-8,15,17H,2-5H2,1H3/t8-/m1/s1. The van der Waals surface area contributed by atoms with Crippen molar-refractivity contribution in [3.63, 3.8) is 0 Å². The molecule has 5 heteroatoms. The van der Waals surface area contributed by atoms with Crippen LogP contribution in [0, 0.1) is 0 Å². The minimum absolute atomic E-state index is 0.173. The Morgan fingerprint density at radius 2 is 2.06 bits per heavy atom. The molecule has 1 aromatic rings. The Morgan fingerprint density at radius 3 is 2.71 bits per heavy atom. The van der Waals surface area contributed by atoms with Crippen LogP contribution in [-0.4, -0.2) is 36.2 Å². The van der Waals surface area contributed by atoms with Gasteiger partial charge >= 0.3 is 0 Å². The maximum atomic E-state index is 10.0. The zero-order chi connectivity index (χ0) is 12.4. The molecule has 17 heavy (non-hydrogen) atoms. The summed E-state index contributed by atoms with van der Waals surface area (Å²) in [4.78, 5) is 2.34. The summed E-state index contributed by atoms with van der Waals surface area (Å²) in [5.41, 5.74) is 0.881. The second-order valence-corrected chi connectivity index (χ2v) is 5.61. The maximum absolute atomic E-state index is 10.0. The third kappa shape index (κ3) is 2.94. The van der Waals surface area contributed by atoms with Crippen molar-refractivity contribution in [1.82, 2.24) is 10.2 Å². The third-order valence-electron chi connectivity index (χ3n) is 3.21. The highest BCUT2D eigenvalue weighted by atomic mass is 79.9. The molecule has 0 amide bonds. The van der Waals surface area contributed by atoms with Crippen molar-refractivity contribution in [3.05, 3.63) is 27.2 Å². The van der Waals surface area contributed by atoms with E-state index in [0.717, 1.165) is 36.2 Å². The summed E-state index contributed by atoms with van der Waals surface area (Å²) in [5, 5.41) is 13.7. The van der Waals surface area contributed by atoms with E-state index < -0.39 is 0 Å². The molecule has 0 spiro atoms. The van der Waals surface area contributed by atoms with Gasteiger partial charge in [0, 0.05) is 42.3 Å². The van der Waals surface area contributed by atoms with Gasteiger partial charge in [-0.2, -0.15) is 0 Å². The second-order valence-electron chi connectivity index (χ2n) is 4.29. The second kappa shape index (κ2) is 5.57.